The van der Waals surface area contributed by atoms with Crippen molar-refractivity contribution in [1.82, 2.24) is 5.32 Å². The summed E-state index contributed by atoms with van der Waals surface area (Å²) >= 11 is 0. The average molecular weight is 745 g/mol. The van der Waals surface area contributed by atoms with E-state index in [9.17, 15) is 24.6 Å². The van der Waals surface area contributed by atoms with Crippen LogP contribution in [0.1, 0.15) is 153 Å². The molecule has 0 aliphatic heterocycles. The van der Waals surface area contributed by atoms with Gasteiger partial charge in [0, 0.05) is 42.0 Å². The van der Waals surface area contributed by atoms with Gasteiger partial charge >= 0.3 is 0 Å². The number of hydrogen-bond acceptors (Lipinski definition) is 6. The number of aromatic hydroxyl groups is 2. The van der Waals surface area contributed by atoms with Crippen molar-refractivity contribution in [2.75, 3.05) is 0 Å². The van der Waals surface area contributed by atoms with Crippen molar-refractivity contribution >= 4 is 17.5 Å². The number of benzene rings is 2. The molecule has 2 aromatic rings. The summed E-state index contributed by atoms with van der Waals surface area (Å²) in [6.45, 7) is 23.6. The van der Waals surface area contributed by atoms with Gasteiger partial charge < -0.3 is 21.3 Å². The minimum absolute atomic E-state index is 0. The van der Waals surface area contributed by atoms with Crippen molar-refractivity contribution in [2.45, 2.75) is 147 Å². The lowest BCUT2D eigenvalue weighted by molar-refractivity contribution is -0.125. The van der Waals surface area contributed by atoms with Gasteiger partial charge in [0.15, 0.2) is 11.6 Å². The molecule has 6 rings (SSSR count). The number of amides is 1. The molecule has 54 heavy (non-hydrogen) atoms. The maximum atomic E-state index is 13.8. The van der Waals surface area contributed by atoms with Gasteiger partial charge in [0.25, 0.3) is 0 Å². The maximum Gasteiger partial charge on any atom is 0.217 e. The molecule has 300 valence electrons. The highest BCUT2D eigenvalue weighted by atomic mass is 16.3. The molecule has 0 unspecified atom stereocenters. The molecule has 0 radical (unpaired) electrons. The Labute approximate surface area is 326 Å². The number of ketones is 2. The van der Waals surface area contributed by atoms with Crippen molar-refractivity contribution in [3.8, 4) is 11.5 Å². The van der Waals surface area contributed by atoms with Crippen LogP contribution in [0.25, 0.3) is 0 Å². The van der Waals surface area contributed by atoms with Crippen molar-refractivity contribution in [3.63, 3.8) is 0 Å². The molecule has 0 aromatic heterocycles. The number of carbonyl (C=O) groups is 3. The number of Topliss-reactive ketones (excluding diaryl/α,β-unsaturated/α-hetero) is 2. The third-order valence-corrected chi connectivity index (χ3v) is 15.0. The SMILES string of the molecule is C.CC(=O)N[C@@H]1C[C@H]2C(C)(C)CCC[C@]2(C)[C@@H](C(=O)c2cc(C)cc(O)c2)[C@@H]1C.Cc1cc(O)cc(C(=O)[C@H]2[C@H](C)[C@H](N)C[C@H]3C(C)(C)CCC[C@]23C)c1. The maximum absolute atomic E-state index is 13.8. The number of nitrogens with two attached hydrogens (primary N) is 1. The van der Waals surface area contributed by atoms with Crippen LogP contribution in [0.15, 0.2) is 36.4 Å². The van der Waals surface area contributed by atoms with E-state index < -0.39 is 0 Å². The average Bonchev–Trinajstić information content (AvgIpc) is 3.02. The zero-order valence-corrected chi connectivity index (χ0v) is 34.4. The van der Waals surface area contributed by atoms with E-state index in [1.807, 2.05) is 26.0 Å². The molecule has 4 saturated carbocycles. The largest absolute Gasteiger partial charge is 0.508 e. The second-order valence-corrected chi connectivity index (χ2v) is 19.8. The van der Waals surface area contributed by atoms with Crippen LogP contribution in [0, 0.1) is 71.0 Å². The lowest BCUT2D eigenvalue weighted by Gasteiger charge is -2.60. The number of fused-ring (bicyclic) bond motifs is 2. The third-order valence-electron chi connectivity index (χ3n) is 15.0. The quantitative estimate of drug-likeness (QED) is 0.226. The Balaban J connectivity index is 0.000000238. The standard InChI is InChI=1S/C24H35NO3.C22H33NO2.CH4/c1-14-10-17(12-18(27)11-14)22(28)21-15(2)19(25-16(3)26)13-20-23(4,5)8-7-9-24(20,21)6;1-13-9-15(11-16(24)10-13)20(25)19-14(2)17(23)12-18-21(3,4)7-6-8-22(18,19)5;/h10-12,15,19-21,27H,7-9,13H2,1-6H3,(H,25,26);9-11,14,17-19,24H,6-8,12,23H2,1-5H3;1H4/t15-,19-,20+,21-,24+;14-,17-,18+,19-,22+;/m11./s1. The van der Waals surface area contributed by atoms with E-state index in [1.54, 1.807) is 31.2 Å². The molecule has 5 N–H and O–H groups in total. The Morgan fingerprint density at radius 2 is 1.07 bits per heavy atom. The van der Waals surface area contributed by atoms with Crippen LogP contribution in [0.2, 0.25) is 0 Å². The fourth-order valence-corrected chi connectivity index (χ4v) is 12.6. The minimum atomic E-state index is -0.177. The van der Waals surface area contributed by atoms with Gasteiger partial charge in [-0.15, -0.1) is 0 Å². The van der Waals surface area contributed by atoms with Crippen molar-refractivity contribution < 1.29 is 24.6 Å². The van der Waals surface area contributed by atoms with E-state index in [2.05, 4.69) is 60.7 Å². The summed E-state index contributed by atoms with van der Waals surface area (Å²) in [5.41, 5.74) is 9.78. The molecule has 4 fully saturated rings. The Morgan fingerprint density at radius 3 is 1.48 bits per heavy atom. The molecule has 10 atom stereocenters. The molecule has 0 saturated heterocycles. The van der Waals surface area contributed by atoms with E-state index in [-0.39, 0.29) is 93.8 Å². The van der Waals surface area contributed by atoms with Crippen LogP contribution in [0.5, 0.6) is 11.5 Å². The molecular weight excluding hydrogens is 673 g/mol. The molecule has 4 aliphatic rings. The fourth-order valence-electron chi connectivity index (χ4n) is 12.6. The lowest BCUT2D eigenvalue weighted by atomic mass is 9.45. The van der Waals surface area contributed by atoms with Crippen LogP contribution in [0.3, 0.4) is 0 Å². The zero-order valence-electron chi connectivity index (χ0n) is 34.4. The lowest BCUT2D eigenvalue weighted by Crippen LogP contribution is -2.60. The van der Waals surface area contributed by atoms with E-state index in [0.717, 1.165) is 49.7 Å². The molecule has 7 heteroatoms. The molecule has 0 spiro atoms. The van der Waals surface area contributed by atoms with Crippen molar-refractivity contribution in [1.29, 1.82) is 0 Å². The van der Waals surface area contributed by atoms with Crippen LogP contribution >= 0.6 is 0 Å². The molecule has 1 amide bonds. The highest BCUT2D eigenvalue weighted by Crippen LogP contribution is 2.63. The first-order valence-corrected chi connectivity index (χ1v) is 20.2. The van der Waals surface area contributed by atoms with Gasteiger partial charge in [0.1, 0.15) is 11.5 Å². The Bertz CT molecular complexity index is 1670. The molecule has 4 aliphatic carbocycles. The van der Waals surface area contributed by atoms with E-state index in [0.29, 0.717) is 23.0 Å². The topological polar surface area (TPSA) is 130 Å². The van der Waals surface area contributed by atoms with Crippen molar-refractivity contribution in [2.24, 2.45) is 62.9 Å². The van der Waals surface area contributed by atoms with Gasteiger partial charge in [-0.1, -0.05) is 75.7 Å². The fraction of sp³-hybridized carbons (Fsp3) is 0.681. The number of carbonyl (C=O) groups excluding carboxylic acids is 3. The van der Waals surface area contributed by atoms with E-state index in [4.69, 9.17) is 5.73 Å². The number of nitrogens with one attached hydrogen (secondary N) is 1. The first kappa shape index (κ1) is 43.5. The third kappa shape index (κ3) is 8.18. The smallest absolute Gasteiger partial charge is 0.217 e. The second kappa shape index (κ2) is 15.7. The molecular formula is C47H72N2O5. The van der Waals surface area contributed by atoms with Gasteiger partial charge in [-0.2, -0.15) is 0 Å². The molecule has 7 nitrogen and oxygen atoms in total. The first-order chi connectivity index (χ1) is 24.5. The number of phenols is 2. The number of rotatable bonds is 5. The van der Waals surface area contributed by atoms with Gasteiger partial charge in [-0.05, 0) is 145 Å². The van der Waals surface area contributed by atoms with Gasteiger partial charge in [-0.25, -0.2) is 0 Å². The van der Waals surface area contributed by atoms with E-state index >= 15 is 0 Å². The van der Waals surface area contributed by atoms with Gasteiger partial charge in [0.05, 0.1) is 0 Å². The zero-order chi connectivity index (χ0) is 39.4. The highest BCUT2D eigenvalue weighted by Gasteiger charge is 2.59. The Kier molecular flexibility index (Phi) is 12.7. The van der Waals surface area contributed by atoms with Crippen LogP contribution in [-0.4, -0.2) is 39.8 Å². The summed E-state index contributed by atoms with van der Waals surface area (Å²) in [5.74, 6) is 1.32. The normalized spacial score (nSPS) is 35.1. The Hall–Kier alpha value is -3.19. The number of hydrogen-bond donors (Lipinski definition) is 4. The summed E-state index contributed by atoms with van der Waals surface area (Å²) in [6, 6.07) is 10.4. The summed E-state index contributed by atoms with van der Waals surface area (Å²) in [4.78, 5) is 39.2. The highest BCUT2D eigenvalue weighted by molar-refractivity contribution is 6.00. The molecule has 0 bridgehead atoms. The van der Waals surface area contributed by atoms with E-state index in [1.165, 1.54) is 12.8 Å². The summed E-state index contributed by atoms with van der Waals surface area (Å²) in [5, 5.41) is 23.1. The van der Waals surface area contributed by atoms with Crippen LogP contribution in [0.4, 0.5) is 0 Å². The predicted octanol–water partition coefficient (Wildman–Crippen LogP) is 10.2. The van der Waals surface area contributed by atoms with Crippen LogP contribution in [-0.2, 0) is 4.79 Å². The number of phenolic OH excluding ortho intramolecular Hbond substituents is 2. The number of aryl methyl sites for hydroxylation is 2. The Morgan fingerprint density at radius 1 is 0.667 bits per heavy atom. The first-order valence-electron chi connectivity index (χ1n) is 20.2. The van der Waals surface area contributed by atoms with Crippen LogP contribution < -0.4 is 11.1 Å². The molecule has 0 heterocycles. The minimum Gasteiger partial charge on any atom is -0.508 e. The monoisotopic (exact) mass is 745 g/mol. The molecule has 2 aromatic carbocycles. The summed E-state index contributed by atoms with van der Waals surface area (Å²) in [6.07, 6.45) is 8.71. The summed E-state index contributed by atoms with van der Waals surface area (Å²) in [7, 11) is 0. The second-order valence-electron chi connectivity index (χ2n) is 19.8. The van der Waals surface area contributed by atoms with Gasteiger partial charge in [0.2, 0.25) is 5.91 Å². The van der Waals surface area contributed by atoms with Gasteiger partial charge in [-0.3, -0.25) is 14.4 Å². The summed E-state index contributed by atoms with van der Waals surface area (Å²) < 4.78 is 0. The van der Waals surface area contributed by atoms with Crippen molar-refractivity contribution in [3.05, 3.63) is 58.7 Å². The predicted molar refractivity (Wildman–Crippen MR) is 220 cm³/mol.